The molecule has 0 aliphatic carbocycles. The van der Waals surface area contributed by atoms with Crippen LogP contribution in [0.4, 0.5) is 5.69 Å². The van der Waals surface area contributed by atoms with Crippen LogP contribution in [0.5, 0.6) is 0 Å². The number of nitrogens with zero attached hydrogens (tertiary/aromatic N) is 1. The largest absolute Gasteiger partial charge is 0.456 e. The molecule has 3 nitrogen and oxygen atoms in total. The van der Waals surface area contributed by atoms with E-state index in [0.29, 0.717) is 0 Å². The van der Waals surface area contributed by atoms with Crippen LogP contribution in [0.2, 0.25) is 0 Å². The first-order valence-corrected chi connectivity index (χ1v) is 11.1. The second-order valence-corrected chi connectivity index (χ2v) is 8.42. The summed E-state index contributed by atoms with van der Waals surface area (Å²) in [5.41, 5.74) is 14.7. The molecule has 2 heterocycles. The van der Waals surface area contributed by atoms with Gasteiger partial charge in [-0.15, -0.1) is 0 Å². The predicted molar refractivity (Wildman–Crippen MR) is 138 cm³/mol. The first-order valence-electron chi connectivity index (χ1n) is 11.1. The van der Waals surface area contributed by atoms with E-state index in [2.05, 4.69) is 77.4 Å². The summed E-state index contributed by atoms with van der Waals surface area (Å²) in [4.78, 5) is 0. The van der Waals surface area contributed by atoms with Crippen molar-refractivity contribution in [3.05, 3.63) is 109 Å². The molecule has 0 aliphatic rings. The second kappa shape index (κ2) is 6.75. The van der Waals surface area contributed by atoms with Crippen molar-refractivity contribution in [3.8, 4) is 16.8 Å². The molecule has 156 valence electrons. The monoisotopic (exact) mass is 424 g/mol. The predicted octanol–water partition coefficient (Wildman–Crippen LogP) is 7.93. The average Bonchev–Trinajstić information content (AvgIpc) is 3.39. The molecule has 3 heteroatoms. The molecule has 0 unspecified atom stereocenters. The molecule has 0 atom stereocenters. The van der Waals surface area contributed by atoms with E-state index in [9.17, 15) is 0 Å². The van der Waals surface area contributed by atoms with E-state index in [4.69, 9.17) is 10.2 Å². The van der Waals surface area contributed by atoms with Gasteiger partial charge in [0.1, 0.15) is 11.2 Å². The highest BCUT2D eigenvalue weighted by Crippen LogP contribution is 2.40. The van der Waals surface area contributed by atoms with Gasteiger partial charge in [-0.1, -0.05) is 66.7 Å². The Morgan fingerprint density at radius 3 is 1.94 bits per heavy atom. The maximum absolute atomic E-state index is 6.64. The highest BCUT2D eigenvalue weighted by molar-refractivity contribution is 6.11. The van der Waals surface area contributed by atoms with Gasteiger partial charge in [-0.05, 0) is 48.0 Å². The van der Waals surface area contributed by atoms with Gasteiger partial charge in [0.2, 0.25) is 0 Å². The third-order valence-corrected chi connectivity index (χ3v) is 6.56. The molecule has 0 bridgehead atoms. The van der Waals surface area contributed by atoms with Crippen LogP contribution in [0, 0.1) is 0 Å². The fraction of sp³-hybridized carbons (Fsp3) is 0. The minimum atomic E-state index is 0.751. The first-order chi connectivity index (χ1) is 16.3. The van der Waals surface area contributed by atoms with E-state index in [1.807, 2.05) is 36.4 Å². The lowest BCUT2D eigenvalue weighted by molar-refractivity contribution is 0.669. The highest BCUT2D eigenvalue weighted by Gasteiger charge is 2.18. The van der Waals surface area contributed by atoms with Crippen LogP contribution in [0.1, 0.15) is 0 Å². The average molecular weight is 425 g/mol. The van der Waals surface area contributed by atoms with Crippen LogP contribution in [-0.4, -0.2) is 4.57 Å². The van der Waals surface area contributed by atoms with Crippen molar-refractivity contribution in [1.29, 1.82) is 0 Å². The summed E-state index contributed by atoms with van der Waals surface area (Å²) in [7, 11) is 0. The number of hydrogen-bond acceptors (Lipinski definition) is 2. The smallest absolute Gasteiger partial charge is 0.135 e. The quantitative estimate of drug-likeness (QED) is 0.286. The molecular weight excluding hydrogens is 404 g/mol. The molecule has 7 aromatic rings. The zero-order valence-corrected chi connectivity index (χ0v) is 17.8. The van der Waals surface area contributed by atoms with Gasteiger partial charge in [0, 0.05) is 32.8 Å². The molecular formula is C30H20N2O. The SMILES string of the molecule is Nc1cccc(-n2c3ccccc3c3ccccc32)c1-c1ccc2oc3ccccc3c2c1. The van der Waals surface area contributed by atoms with E-state index in [1.165, 1.54) is 21.8 Å². The molecule has 0 radical (unpaired) electrons. The summed E-state index contributed by atoms with van der Waals surface area (Å²) in [5, 5.41) is 4.68. The number of nitrogens with two attached hydrogens (primary N) is 1. The normalized spacial score (nSPS) is 11.8. The van der Waals surface area contributed by atoms with E-state index in [1.54, 1.807) is 0 Å². The number of furan rings is 1. The molecule has 0 spiro atoms. The van der Waals surface area contributed by atoms with Crippen molar-refractivity contribution in [3.63, 3.8) is 0 Å². The first kappa shape index (κ1) is 18.1. The summed E-state index contributed by atoms with van der Waals surface area (Å²) < 4.78 is 8.38. The van der Waals surface area contributed by atoms with Crippen molar-refractivity contribution in [2.75, 3.05) is 5.73 Å². The van der Waals surface area contributed by atoms with Gasteiger partial charge >= 0.3 is 0 Å². The van der Waals surface area contributed by atoms with Crippen LogP contribution in [0.3, 0.4) is 0 Å². The minimum absolute atomic E-state index is 0.751. The number of fused-ring (bicyclic) bond motifs is 6. The molecule has 2 N–H and O–H groups in total. The molecule has 33 heavy (non-hydrogen) atoms. The third kappa shape index (κ3) is 2.56. The summed E-state index contributed by atoms with van der Waals surface area (Å²) in [6.07, 6.45) is 0. The molecule has 0 saturated heterocycles. The number of benzene rings is 5. The number of aromatic nitrogens is 1. The van der Waals surface area contributed by atoms with E-state index < -0.39 is 0 Å². The molecule has 2 aromatic heterocycles. The van der Waals surface area contributed by atoms with Crippen LogP contribution >= 0.6 is 0 Å². The van der Waals surface area contributed by atoms with E-state index in [0.717, 1.165) is 44.4 Å². The molecule has 0 saturated carbocycles. The van der Waals surface area contributed by atoms with Crippen LogP contribution in [0.25, 0.3) is 60.6 Å². The Morgan fingerprint density at radius 2 is 1.18 bits per heavy atom. The Labute approximate surface area is 190 Å². The van der Waals surface area contributed by atoms with Gasteiger partial charge in [0.15, 0.2) is 0 Å². The summed E-state index contributed by atoms with van der Waals surface area (Å²) in [6, 6.07) is 37.8. The maximum atomic E-state index is 6.64. The Balaban J connectivity index is 1.57. The molecule has 5 aromatic carbocycles. The summed E-state index contributed by atoms with van der Waals surface area (Å²) in [5.74, 6) is 0. The maximum Gasteiger partial charge on any atom is 0.135 e. The third-order valence-electron chi connectivity index (χ3n) is 6.56. The van der Waals surface area contributed by atoms with Gasteiger partial charge < -0.3 is 14.7 Å². The summed E-state index contributed by atoms with van der Waals surface area (Å²) >= 11 is 0. The fourth-order valence-corrected chi connectivity index (χ4v) is 5.12. The topological polar surface area (TPSA) is 44.1 Å². The van der Waals surface area contributed by atoms with Crippen molar-refractivity contribution >= 4 is 49.4 Å². The van der Waals surface area contributed by atoms with Gasteiger partial charge in [0.25, 0.3) is 0 Å². The molecule has 0 aliphatic heterocycles. The number of nitrogen functional groups attached to an aromatic ring is 1. The highest BCUT2D eigenvalue weighted by atomic mass is 16.3. The van der Waals surface area contributed by atoms with Gasteiger partial charge in [-0.2, -0.15) is 0 Å². The van der Waals surface area contributed by atoms with Crippen molar-refractivity contribution < 1.29 is 4.42 Å². The van der Waals surface area contributed by atoms with Gasteiger partial charge in [-0.3, -0.25) is 0 Å². The zero-order chi connectivity index (χ0) is 21.9. The summed E-state index contributed by atoms with van der Waals surface area (Å²) in [6.45, 7) is 0. The lowest BCUT2D eigenvalue weighted by Crippen LogP contribution is -2.00. The lowest BCUT2D eigenvalue weighted by atomic mass is 9.99. The van der Waals surface area contributed by atoms with Crippen LogP contribution in [0.15, 0.2) is 114 Å². The van der Waals surface area contributed by atoms with Gasteiger partial charge in [0.05, 0.1) is 16.7 Å². The van der Waals surface area contributed by atoms with Crippen molar-refractivity contribution in [1.82, 2.24) is 4.57 Å². The standard InChI is InChI=1S/C30H20N2O/c31-24-11-7-14-27(32-25-12-4-1-8-20(25)21-9-2-5-13-26(21)32)30(24)19-16-17-29-23(18-19)22-10-3-6-15-28(22)33-29/h1-18H,31H2. The van der Waals surface area contributed by atoms with Gasteiger partial charge in [-0.25, -0.2) is 0 Å². The fourth-order valence-electron chi connectivity index (χ4n) is 5.12. The number of para-hydroxylation sites is 3. The molecule has 0 fully saturated rings. The number of anilines is 1. The van der Waals surface area contributed by atoms with E-state index in [-0.39, 0.29) is 0 Å². The second-order valence-electron chi connectivity index (χ2n) is 8.42. The Bertz CT molecular complexity index is 1780. The zero-order valence-electron chi connectivity index (χ0n) is 17.8. The lowest BCUT2D eigenvalue weighted by Gasteiger charge is -2.16. The van der Waals surface area contributed by atoms with Crippen molar-refractivity contribution in [2.45, 2.75) is 0 Å². The Morgan fingerprint density at radius 1 is 0.545 bits per heavy atom. The molecule has 0 amide bonds. The van der Waals surface area contributed by atoms with Crippen LogP contribution in [-0.2, 0) is 0 Å². The Kier molecular flexibility index (Phi) is 3.70. The minimum Gasteiger partial charge on any atom is -0.456 e. The van der Waals surface area contributed by atoms with E-state index >= 15 is 0 Å². The Hall–Kier alpha value is -4.50. The number of hydrogen-bond donors (Lipinski definition) is 1. The van der Waals surface area contributed by atoms with Crippen LogP contribution < -0.4 is 5.73 Å². The van der Waals surface area contributed by atoms with Crippen molar-refractivity contribution in [2.24, 2.45) is 0 Å². The molecule has 7 rings (SSSR count). The number of rotatable bonds is 2.